The van der Waals surface area contributed by atoms with Crippen molar-refractivity contribution in [1.82, 2.24) is 19.9 Å². The summed E-state index contributed by atoms with van der Waals surface area (Å²) in [4.78, 5) is 26.8. The molecule has 1 saturated heterocycles. The highest BCUT2D eigenvalue weighted by atomic mass is 19.4. The highest BCUT2D eigenvalue weighted by molar-refractivity contribution is 5.87. The van der Waals surface area contributed by atoms with E-state index in [0.717, 1.165) is 34.6 Å². The number of hydrogen-bond donors (Lipinski definition) is 2. The van der Waals surface area contributed by atoms with E-state index in [2.05, 4.69) is 19.9 Å². The van der Waals surface area contributed by atoms with Gasteiger partial charge >= 0.3 is 6.18 Å². The maximum atomic E-state index is 12.6. The number of fused-ring (bicyclic) bond motifs is 2. The number of carbonyl (C=O) groups excluding carboxylic acids is 1. The fourth-order valence-corrected chi connectivity index (χ4v) is 4.39. The lowest BCUT2D eigenvalue weighted by Crippen LogP contribution is -2.46. The number of H-pyrrole nitrogens is 1. The summed E-state index contributed by atoms with van der Waals surface area (Å²) in [6.45, 7) is 0.509. The number of amides is 1. The van der Waals surface area contributed by atoms with Crippen molar-refractivity contribution < 1.29 is 23.1 Å². The molecule has 0 spiro atoms. The summed E-state index contributed by atoms with van der Waals surface area (Å²) < 4.78 is 37.7. The zero-order valence-electron chi connectivity index (χ0n) is 14.6. The van der Waals surface area contributed by atoms with Gasteiger partial charge in [-0.15, -0.1) is 0 Å². The van der Waals surface area contributed by atoms with Crippen LogP contribution in [0.1, 0.15) is 12.8 Å². The molecule has 0 radical (unpaired) electrons. The third-order valence-corrected chi connectivity index (χ3v) is 5.80. The second-order valence-electron chi connectivity index (χ2n) is 7.38. The van der Waals surface area contributed by atoms with Gasteiger partial charge in [0, 0.05) is 32.4 Å². The average molecular weight is 383 g/mol. The molecule has 2 aliphatic rings. The van der Waals surface area contributed by atoms with Crippen LogP contribution in [0.15, 0.2) is 18.6 Å². The van der Waals surface area contributed by atoms with Gasteiger partial charge in [-0.3, -0.25) is 4.79 Å². The Hall–Kier alpha value is -2.36. The fourth-order valence-electron chi connectivity index (χ4n) is 4.39. The Bertz CT molecular complexity index is 840. The molecule has 2 fully saturated rings. The van der Waals surface area contributed by atoms with Crippen molar-refractivity contribution in [3.63, 3.8) is 0 Å². The Morgan fingerprint density at radius 2 is 2.00 bits per heavy atom. The van der Waals surface area contributed by atoms with E-state index in [0.29, 0.717) is 0 Å². The lowest BCUT2D eigenvalue weighted by molar-refractivity contribution is -0.210. The van der Waals surface area contributed by atoms with E-state index in [1.165, 1.54) is 6.33 Å². The van der Waals surface area contributed by atoms with Crippen LogP contribution in [0.25, 0.3) is 11.0 Å². The molecule has 10 heteroatoms. The number of aromatic nitrogens is 3. The fraction of sp³-hybridized carbons (Fsp3) is 0.588. The van der Waals surface area contributed by atoms with E-state index in [9.17, 15) is 23.1 Å². The van der Waals surface area contributed by atoms with E-state index in [1.54, 1.807) is 6.20 Å². The first-order valence-electron chi connectivity index (χ1n) is 8.80. The van der Waals surface area contributed by atoms with Crippen molar-refractivity contribution in [2.75, 3.05) is 25.0 Å². The van der Waals surface area contributed by atoms with E-state index in [1.807, 2.05) is 13.1 Å². The summed E-state index contributed by atoms with van der Waals surface area (Å²) in [5, 5.41) is 10.1. The molecule has 1 aliphatic carbocycles. The number of aliphatic hydroxyl groups excluding tert-OH is 1. The minimum atomic E-state index is -4.92. The van der Waals surface area contributed by atoms with Gasteiger partial charge in [0.25, 0.3) is 5.91 Å². The topological polar surface area (TPSA) is 85.4 Å². The van der Waals surface area contributed by atoms with Crippen molar-refractivity contribution in [3.05, 3.63) is 18.6 Å². The Morgan fingerprint density at radius 3 is 2.63 bits per heavy atom. The number of nitrogens with zero attached hydrogens (tertiary/aromatic N) is 4. The molecule has 2 aromatic rings. The molecular formula is C17H20F3N5O2. The number of nitrogens with one attached hydrogen (secondary N) is 1. The monoisotopic (exact) mass is 383 g/mol. The molecule has 27 heavy (non-hydrogen) atoms. The predicted molar refractivity (Wildman–Crippen MR) is 90.9 cm³/mol. The number of aromatic amines is 1. The van der Waals surface area contributed by atoms with E-state index < -0.39 is 18.2 Å². The normalized spacial score (nSPS) is 26.4. The smallest absolute Gasteiger partial charge is 0.376 e. The van der Waals surface area contributed by atoms with Gasteiger partial charge in [-0.2, -0.15) is 13.2 Å². The predicted octanol–water partition coefficient (Wildman–Crippen LogP) is 1.55. The van der Waals surface area contributed by atoms with Gasteiger partial charge < -0.3 is 19.9 Å². The first-order chi connectivity index (χ1) is 12.8. The molecule has 7 nitrogen and oxygen atoms in total. The number of hydrogen-bond acceptors (Lipinski definition) is 5. The van der Waals surface area contributed by atoms with Crippen LogP contribution in [0, 0.1) is 11.8 Å². The molecule has 2 N–H and O–H groups in total. The molecule has 146 valence electrons. The Balaban J connectivity index is 1.43. The number of alkyl halides is 3. The molecule has 0 bridgehead atoms. The minimum Gasteiger partial charge on any atom is -0.376 e. The van der Waals surface area contributed by atoms with Gasteiger partial charge in [0.1, 0.15) is 17.8 Å². The van der Waals surface area contributed by atoms with Crippen LogP contribution >= 0.6 is 0 Å². The maximum absolute atomic E-state index is 12.6. The van der Waals surface area contributed by atoms with Crippen molar-refractivity contribution in [2.45, 2.75) is 31.2 Å². The molecule has 0 unspecified atom stereocenters. The van der Waals surface area contributed by atoms with Gasteiger partial charge in [-0.25, -0.2) is 9.97 Å². The van der Waals surface area contributed by atoms with Crippen LogP contribution in [0.3, 0.4) is 0 Å². The molecule has 2 aromatic heterocycles. The highest BCUT2D eigenvalue weighted by Crippen LogP contribution is 2.42. The lowest BCUT2D eigenvalue weighted by Gasteiger charge is -2.28. The van der Waals surface area contributed by atoms with Crippen molar-refractivity contribution in [1.29, 1.82) is 0 Å². The summed E-state index contributed by atoms with van der Waals surface area (Å²) in [5.74, 6) is -0.172. The SMILES string of the molecule is CN(c1ncnc2[nH]ccc12)[C@@H]1C[C@@H]2CN(C(=O)[C@H](O)C(F)(F)F)C[C@@H]2C1. The first kappa shape index (κ1) is 18.0. The van der Waals surface area contributed by atoms with Crippen LogP contribution in [-0.2, 0) is 4.79 Å². The average Bonchev–Trinajstić information content (AvgIpc) is 3.32. The largest absolute Gasteiger partial charge is 0.423 e. The Labute approximate surface area is 153 Å². The Morgan fingerprint density at radius 1 is 1.33 bits per heavy atom. The van der Waals surface area contributed by atoms with Crippen LogP contribution in [0.2, 0.25) is 0 Å². The van der Waals surface area contributed by atoms with Gasteiger partial charge in [0.2, 0.25) is 6.10 Å². The standard InChI is InChI=1S/C17H20F3N5O2/c1-24(15-12-2-3-21-14(12)22-8-23-15)11-4-9-6-25(7-10(9)5-11)16(27)13(26)17(18,19)20/h2-3,8-11,13,26H,4-7H2,1H3,(H,21,22,23)/t9-,10+,11-,13-/m0/s1. The number of halogens is 3. The zero-order valence-corrected chi connectivity index (χ0v) is 14.6. The summed E-state index contributed by atoms with van der Waals surface area (Å²) in [6, 6.07) is 2.10. The second-order valence-corrected chi connectivity index (χ2v) is 7.38. The van der Waals surface area contributed by atoms with Crippen LogP contribution < -0.4 is 4.90 Å². The summed E-state index contributed by atoms with van der Waals surface area (Å²) in [7, 11) is 1.96. The number of likely N-dealkylation sites (tertiary alicyclic amines) is 1. The molecule has 4 rings (SSSR count). The Kier molecular flexibility index (Phi) is 4.25. The third-order valence-electron chi connectivity index (χ3n) is 5.80. The van der Waals surface area contributed by atoms with Gasteiger partial charge in [-0.1, -0.05) is 0 Å². The van der Waals surface area contributed by atoms with Crippen molar-refractivity contribution in [3.8, 4) is 0 Å². The quantitative estimate of drug-likeness (QED) is 0.840. The number of rotatable bonds is 3. The number of carbonyl (C=O) groups is 1. The molecule has 1 saturated carbocycles. The second kappa shape index (κ2) is 6.36. The summed E-state index contributed by atoms with van der Waals surface area (Å²) in [5.41, 5.74) is 0.753. The van der Waals surface area contributed by atoms with E-state index in [-0.39, 0.29) is 31.0 Å². The van der Waals surface area contributed by atoms with Crippen LogP contribution in [0.4, 0.5) is 19.0 Å². The molecule has 1 amide bonds. The molecular weight excluding hydrogens is 363 g/mol. The molecule has 1 aliphatic heterocycles. The highest BCUT2D eigenvalue weighted by Gasteiger charge is 2.50. The first-order valence-corrected chi connectivity index (χ1v) is 8.80. The van der Waals surface area contributed by atoms with Crippen LogP contribution in [0.5, 0.6) is 0 Å². The van der Waals surface area contributed by atoms with Crippen LogP contribution in [-0.4, -0.2) is 69.3 Å². The van der Waals surface area contributed by atoms with Crippen molar-refractivity contribution >= 4 is 22.8 Å². The van der Waals surface area contributed by atoms with E-state index in [4.69, 9.17) is 0 Å². The van der Waals surface area contributed by atoms with Gasteiger partial charge in [0.15, 0.2) is 0 Å². The number of aliphatic hydroxyl groups is 1. The molecule has 3 heterocycles. The van der Waals surface area contributed by atoms with Gasteiger partial charge in [-0.05, 0) is 30.7 Å². The summed E-state index contributed by atoms with van der Waals surface area (Å²) in [6.07, 6.45) is -3.02. The number of anilines is 1. The lowest BCUT2D eigenvalue weighted by atomic mass is 10.0. The van der Waals surface area contributed by atoms with Crippen molar-refractivity contribution in [2.24, 2.45) is 11.8 Å². The minimum absolute atomic E-state index is 0.130. The third kappa shape index (κ3) is 3.11. The van der Waals surface area contributed by atoms with E-state index >= 15 is 0 Å². The zero-order chi connectivity index (χ0) is 19.3. The molecule has 0 aromatic carbocycles. The van der Waals surface area contributed by atoms with Gasteiger partial charge in [0.05, 0.1) is 5.39 Å². The maximum Gasteiger partial charge on any atom is 0.423 e. The molecule has 4 atom stereocenters. The summed E-state index contributed by atoms with van der Waals surface area (Å²) >= 11 is 0.